The Morgan fingerprint density at radius 2 is 2.30 bits per heavy atom. The number of rotatable bonds is 6. The molecule has 0 saturated heterocycles. The number of nitrogens with one attached hydrogen (secondary N) is 1. The van der Waals surface area contributed by atoms with Gasteiger partial charge in [-0.15, -0.1) is 23.1 Å². The Hall–Kier alpha value is -1.66. The number of nitrogens with two attached hydrogens (primary N) is 1. The molecular weight excluding hydrogens is 292 g/mol. The molecule has 1 amide bonds. The van der Waals surface area contributed by atoms with Gasteiger partial charge in [0.05, 0.1) is 17.0 Å². The van der Waals surface area contributed by atoms with Gasteiger partial charge in [-0.1, -0.05) is 6.07 Å². The van der Waals surface area contributed by atoms with E-state index >= 15 is 0 Å². The van der Waals surface area contributed by atoms with E-state index in [9.17, 15) is 4.79 Å². The van der Waals surface area contributed by atoms with Crippen molar-refractivity contribution in [2.45, 2.75) is 10.6 Å². The van der Waals surface area contributed by atoms with Crippen LogP contribution >= 0.6 is 23.1 Å². The summed E-state index contributed by atoms with van der Waals surface area (Å²) in [6, 6.07) is 9.23. The minimum absolute atomic E-state index is 0.0304. The number of carbonyl (C=O) groups is 1. The fourth-order valence-electron chi connectivity index (χ4n) is 1.61. The molecule has 4 nitrogen and oxygen atoms in total. The fraction of sp³-hybridized carbons (Fsp3) is 0.214. The quantitative estimate of drug-likeness (QED) is 0.633. The molecule has 1 aromatic carbocycles. The van der Waals surface area contributed by atoms with Crippen LogP contribution in [0, 0.1) is 0 Å². The Balaban J connectivity index is 1.85. The highest BCUT2D eigenvalue weighted by molar-refractivity contribution is 8.01. The molecule has 0 aliphatic heterocycles. The minimum atomic E-state index is -0.0304. The Morgan fingerprint density at radius 3 is 3.00 bits per heavy atom. The van der Waals surface area contributed by atoms with Crippen molar-refractivity contribution in [2.24, 2.45) is 0 Å². The van der Waals surface area contributed by atoms with E-state index in [1.54, 1.807) is 48.4 Å². The molecule has 0 atom stereocenters. The summed E-state index contributed by atoms with van der Waals surface area (Å²) in [7, 11) is 1.55. The van der Waals surface area contributed by atoms with Crippen molar-refractivity contribution in [3.8, 4) is 5.75 Å². The SMILES string of the molecule is COc1cc(N)ccc1NC(=O)CCSc1cccs1. The van der Waals surface area contributed by atoms with Crippen LogP contribution in [0.2, 0.25) is 0 Å². The number of thiophene rings is 1. The van der Waals surface area contributed by atoms with Crippen LogP contribution < -0.4 is 15.8 Å². The van der Waals surface area contributed by atoms with Crippen LogP contribution in [0.4, 0.5) is 11.4 Å². The number of carbonyl (C=O) groups excluding carboxylic acids is 1. The number of benzene rings is 1. The first-order valence-electron chi connectivity index (χ1n) is 6.08. The maximum absolute atomic E-state index is 11.9. The Labute approximate surface area is 126 Å². The molecule has 3 N–H and O–H groups in total. The van der Waals surface area contributed by atoms with Crippen molar-refractivity contribution >= 4 is 40.4 Å². The standard InChI is InChI=1S/C14H16N2O2S2/c1-18-12-9-10(15)4-5-11(12)16-13(17)6-8-20-14-3-2-7-19-14/h2-5,7,9H,6,8,15H2,1H3,(H,16,17). The summed E-state index contributed by atoms with van der Waals surface area (Å²) in [6.45, 7) is 0. The number of amides is 1. The van der Waals surface area contributed by atoms with Crippen molar-refractivity contribution in [3.63, 3.8) is 0 Å². The molecule has 0 bridgehead atoms. The van der Waals surface area contributed by atoms with Crippen LogP contribution in [0.5, 0.6) is 5.75 Å². The first-order valence-corrected chi connectivity index (χ1v) is 7.95. The van der Waals surface area contributed by atoms with Gasteiger partial charge in [0.15, 0.2) is 0 Å². The molecule has 0 radical (unpaired) electrons. The average molecular weight is 308 g/mol. The number of anilines is 2. The lowest BCUT2D eigenvalue weighted by atomic mass is 10.2. The first kappa shape index (κ1) is 14.7. The van der Waals surface area contributed by atoms with E-state index in [4.69, 9.17) is 10.5 Å². The second-order valence-corrected chi connectivity index (χ2v) is 6.38. The van der Waals surface area contributed by atoms with Gasteiger partial charge in [-0.2, -0.15) is 0 Å². The molecule has 2 rings (SSSR count). The van der Waals surface area contributed by atoms with E-state index in [1.807, 2.05) is 11.4 Å². The monoisotopic (exact) mass is 308 g/mol. The van der Waals surface area contributed by atoms with E-state index < -0.39 is 0 Å². The van der Waals surface area contributed by atoms with Gasteiger partial charge in [0.2, 0.25) is 5.91 Å². The van der Waals surface area contributed by atoms with Gasteiger partial charge in [0.25, 0.3) is 0 Å². The predicted octanol–water partition coefficient (Wildman–Crippen LogP) is 3.46. The second-order valence-electron chi connectivity index (χ2n) is 4.04. The summed E-state index contributed by atoms with van der Waals surface area (Å²) in [4.78, 5) is 11.9. The fourth-order valence-corrected chi connectivity index (χ4v) is 3.41. The van der Waals surface area contributed by atoms with Gasteiger partial charge in [-0.05, 0) is 23.6 Å². The summed E-state index contributed by atoms with van der Waals surface area (Å²) in [5.41, 5.74) is 6.92. The predicted molar refractivity (Wildman–Crippen MR) is 85.7 cm³/mol. The molecule has 0 unspecified atom stereocenters. The molecule has 0 aliphatic rings. The third kappa shape index (κ3) is 4.18. The van der Waals surface area contributed by atoms with Crippen molar-refractivity contribution in [1.82, 2.24) is 0 Å². The molecule has 2 aromatic rings. The number of nitrogen functional groups attached to an aromatic ring is 1. The van der Waals surface area contributed by atoms with Crippen LogP contribution in [0.15, 0.2) is 39.9 Å². The zero-order chi connectivity index (χ0) is 14.4. The zero-order valence-electron chi connectivity index (χ0n) is 11.1. The van der Waals surface area contributed by atoms with Gasteiger partial charge >= 0.3 is 0 Å². The van der Waals surface area contributed by atoms with Crippen molar-refractivity contribution < 1.29 is 9.53 Å². The van der Waals surface area contributed by atoms with Crippen LogP contribution in [-0.2, 0) is 4.79 Å². The van der Waals surface area contributed by atoms with E-state index in [0.717, 1.165) is 5.75 Å². The minimum Gasteiger partial charge on any atom is -0.494 e. The highest BCUT2D eigenvalue weighted by atomic mass is 32.2. The molecule has 6 heteroatoms. The molecule has 1 aromatic heterocycles. The van der Waals surface area contributed by atoms with E-state index in [0.29, 0.717) is 23.5 Å². The van der Waals surface area contributed by atoms with Gasteiger partial charge in [0.1, 0.15) is 5.75 Å². The highest BCUT2D eigenvalue weighted by Gasteiger charge is 2.08. The van der Waals surface area contributed by atoms with E-state index in [-0.39, 0.29) is 5.91 Å². The normalized spacial score (nSPS) is 10.2. The van der Waals surface area contributed by atoms with Gasteiger partial charge in [0, 0.05) is 23.9 Å². The Morgan fingerprint density at radius 1 is 1.45 bits per heavy atom. The number of thioether (sulfide) groups is 1. The topological polar surface area (TPSA) is 64.3 Å². The second kappa shape index (κ2) is 7.21. The number of methoxy groups -OCH3 is 1. The molecule has 0 spiro atoms. The lowest BCUT2D eigenvalue weighted by molar-refractivity contribution is -0.115. The summed E-state index contributed by atoms with van der Waals surface area (Å²) < 4.78 is 6.42. The van der Waals surface area contributed by atoms with E-state index in [1.165, 1.54) is 4.21 Å². The Bertz CT molecular complexity index is 571. The molecule has 0 aliphatic carbocycles. The largest absolute Gasteiger partial charge is 0.494 e. The summed E-state index contributed by atoms with van der Waals surface area (Å²) >= 11 is 3.37. The van der Waals surface area contributed by atoms with Gasteiger partial charge in [-0.3, -0.25) is 4.79 Å². The number of ether oxygens (including phenoxy) is 1. The van der Waals surface area contributed by atoms with Crippen LogP contribution in [0.1, 0.15) is 6.42 Å². The smallest absolute Gasteiger partial charge is 0.225 e. The first-order chi connectivity index (χ1) is 9.69. The van der Waals surface area contributed by atoms with Crippen LogP contribution in [-0.4, -0.2) is 18.8 Å². The molecule has 0 saturated carbocycles. The number of hydrogen-bond donors (Lipinski definition) is 2. The van der Waals surface area contributed by atoms with Crippen molar-refractivity contribution in [2.75, 3.05) is 23.9 Å². The summed E-state index contributed by atoms with van der Waals surface area (Å²) in [5, 5.41) is 4.87. The van der Waals surface area contributed by atoms with Gasteiger partial charge in [-0.25, -0.2) is 0 Å². The zero-order valence-corrected chi connectivity index (χ0v) is 12.7. The number of hydrogen-bond acceptors (Lipinski definition) is 5. The maximum atomic E-state index is 11.9. The lowest BCUT2D eigenvalue weighted by Crippen LogP contribution is -2.13. The molecule has 1 heterocycles. The molecule has 0 fully saturated rings. The van der Waals surface area contributed by atoms with Gasteiger partial charge < -0.3 is 15.8 Å². The molecule has 106 valence electrons. The maximum Gasteiger partial charge on any atom is 0.225 e. The van der Waals surface area contributed by atoms with Crippen LogP contribution in [0.3, 0.4) is 0 Å². The molecule has 20 heavy (non-hydrogen) atoms. The third-order valence-electron chi connectivity index (χ3n) is 2.57. The summed E-state index contributed by atoms with van der Waals surface area (Å²) in [5.74, 6) is 1.30. The highest BCUT2D eigenvalue weighted by Crippen LogP contribution is 2.27. The Kier molecular flexibility index (Phi) is 5.31. The van der Waals surface area contributed by atoms with Crippen molar-refractivity contribution in [3.05, 3.63) is 35.7 Å². The van der Waals surface area contributed by atoms with Crippen LogP contribution in [0.25, 0.3) is 0 Å². The average Bonchev–Trinajstić information content (AvgIpc) is 2.94. The molecular formula is C14H16N2O2S2. The van der Waals surface area contributed by atoms with Crippen molar-refractivity contribution in [1.29, 1.82) is 0 Å². The summed E-state index contributed by atoms with van der Waals surface area (Å²) in [6.07, 6.45) is 0.454. The van der Waals surface area contributed by atoms with E-state index in [2.05, 4.69) is 11.4 Å². The third-order valence-corrected chi connectivity index (χ3v) is 4.70. The lowest BCUT2D eigenvalue weighted by Gasteiger charge is -2.10.